The summed E-state index contributed by atoms with van der Waals surface area (Å²) in [6.07, 6.45) is 0.654. The van der Waals surface area contributed by atoms with Crippen molar-refractivity contribution in [3.8, 4) is 0 Å². The Balaban J connectivity index is 2.33. The molecule has 88 valence electrons. The SMILES string of the molecule is CCOC(=O)C(C)CC1COC(C)(C)O1. The average molecular weight is 216 g/mol. The van der Waals surface area contributed by atoms with Gasteiger partial charge in [0.2, 0.25) is 0 Å². The van der Waals surface area contributed by atoms with Crippen LogP contribution in [0.2, 0.25) is 0 Å². The van der Waals surface area contributed by atoms with E-state index in [9.17, 15) is 4.79 Å². The van der Waals surface area contributed by atoms with Crippen molar-refractivity contribution in [1.82, 2.24) is 0 Å². The lowest BCUT2D eigenvalue weighted by atomic mass is 10.0. The van der Waals surface area contributed by atoms with E-state index >= 15 is 0 Å². The zero-order valence-electron chi connectivity index (χ0n) is 9.91. The number of rotatable bonds is 4. The van der Waals surface area contributed by atoms with Crippen LogP contribution in [0.3, 0.4) is 0 Å². The predicted octanol–water partition coefficient (Wildman–Crippen LogP) is 1.73. The maximum atomic E-state index is 11.4. The maximum Gasteiger partial charge on any atom is 0.308 e. The topological polar surface area (TPSA) is 44.8 Å². The summed E-state index contributed by atoms with van der Waals surface area (Å²) in [5, 5.41) is 0. The van der Waals surface area contributed by atoms with Crippen LogP contribution in [0.5, 0.6) is 0 Å². The fraction of sp³-hybridized carbons (Fsp3) is 0.909. The predicted molar refractivity (Wildman–Crippen MR) is 55.3 cm³/mol. The largest absolute Gasteiger partial charge is 0.466 e. The lowest BCUT2D eigenvalue weighted by Crippen LogP contribution is -2.25. The summed E-state index contributed by atoms with van der Waals surface area (Å²) in [5.41, 5.74) is 0. The zero-order chi connectivity index (χ0) is 11.5. The van der Waals surface area contributed by atoms with E-state index in [0.717, 1.165) is 0 Å². The third-order valence-electron chi connectivity index (χ3n) is 2.37. The van der Waals surface area contributed by atoms with Gasteiger partial charge in [-0.15, -0.1) is 0 Å². The minimum absolute atomic E-state index is 0.000550. The highest BCUT2D eigenvalue weighted by molar-refractivity contribution is 5.71. The van der Waals surface area contributed by atoms with E-state index in [1.165, 1.54) is 0 Å². The molecule has 0 spiro atoms. The fourth-order valence-corrected chi connectivity index (χ4v) is 1.65. The molecule has 1 aliphatic heterocycles. The Bertz CT molecular complexity index is 225. The van der Waals surface area contributed by atoms with Crippen LogP contribution in [-0.2, 0) is 19.0 Å². The van der Waals surface area contributed by atoms with E-state index in [2.05, 4.69) is 0 Å². The molecule has 0 amide bonds. The van der Waals surface area contributed by atoms with Crippen molar-refractivity contribution in [3.63, 3.8) is 0 Å². The highest BCUT2D eigenvalue weighted by atomic mass is 16.7. The summed E-state index contributed by atoms with van der Waals surface area (Å²) in [6.45, 7) is 8.40. The molecular weight excluding hydrogens is 196 g/mol. The molecule has 1 rings (SSSR count). The van der Waals surface area contributed by atoms with Crippen LogP contribution in [0.25, 0.3) is 0 Å². The quantitative estimate of drug-likeness (QED) is 0.671. The van der Waals surface area contributed by atoms with Gasteiger partial charge >= 0.3 is 5.97 Å². The van der Waals surface area contributed by atoms with Gasteiger partial charge in [-0.05, 0) is 27.2 Å². The molecule has 4 heteroatoms. The van der Waals surface area contributed by atoms with Crippen LogP contribution in [-0.4, -0.2) is 31.1 Å². The second-order valence-corrected chi connectivity index (χ2v) is 4.34. The minimum Gasteiger partial charge on any atom is -0.466 e. The van der Waals surface area contributed by atoms with Crippen LogP contribution in [0, 0.1) is 5.92 Å². The van der Waals surface area contributed by atoms with E-state index in [1.807, 2.05) is 27.7 Å². The molecule has 2 unspecified atom stereocenters. The second kappa shape index (κ2) is 4.94. The average Bonchev–Trinajstić information content (AvgIpc) is 2.46. The third-order valence-corrected chi connectivity index (χ3v) is 2.37. The molecule has 0 aromatic heterocycles. The molecule has 15 heavy (non-hydrogen) atoms. The number of carbonyl (C=O) groups excluding carboxylic acids is 1. The Morgan fingerprint density at radius 3 is 2.73 bits per heavy atom. The molecule has 1 aliphatic rings. The number of esters is 1. The molecule has 0 radical (unpaired) electrons. The monoisotopic (exact) mass is 216 g/mol. The summed E-state index contributed by atoms with van der Waals surface area (Å²) in [6, 6.07) is 0. The van der Waals surface area contributed by atoms with Gasteiger partial charge in [0.05, 0.1) is 25.2 Å². The van der Waals surface area contributed by atoms with Crippen LogP contribution >= 0.6 is 0 Å². The molecule has 2 atom stereocenters. The molecule has 0 bridgehead atoms. The zero-order valence-corrected chi connectivity index (χ0v) is 9.91. The minimum atomic E-state index is -0.515. The highest BCUT2D eigenvalue weighted by Gasteiger charge is 2.34. The van der Waals surface area contributed by atoms with Gasteiger partial charge in [0, 0.05) is 0 Å². The Labute approximate surface area is 90.9 Å². The molecule has 1 fully saturated rings. The van der Waals surface area contributed by atoms with Gasteiger partial charge in [-0.1, -0.05) is 6.92 Å². The Hall–Kier alpha value is -0.610. The number of carbonyl (C=O) groups is 1. The van der Waals surface area contributed by atoms with Crippen LogP contribution in [0.1, 0.15) is 34.1 Å². The van der Waals surface area contributed by atoms with Crippen molar-refractivity contribution in [2.75, 3.05) is 13.2 Å². The lowest BCUT2D eigenvalue weighted by Gasteiger charge is -2.18. The van der Waals surface area contributed by atoms with Crippen molar-refractivity contribution in [2.24, 2.45) is 5.92 Å². The summed E-state index contributed by atoms with van der Waals surface area (Å²) >= 11 is 0. The first-order valence-electron chi connectivity index (χ1n) is 5.43. The maximum absolute atomic E-state index is 11.4. The Kier molecular flexibility index (Phi) is 4.11. The number of hydrogen-bond donors (Lipinski definition) is 0. The van der Waals surface area contributed by atoms with Gasteiger partial charge in [0.25, 0.3) is 0 Å². The Morgan fingerprint density at radius 1 is 1.60 bits per heavy atom. The first-order valence-corrected chi connectivity index (χ1v) is 5.43. The molecule has 4 nitrogen and oxygen atoms in total. The first kappa shape index (κ1) is 12.5. The van der Waals surface area contributed by atoms with Crippen molar-refractivity contribution in [2.45, 2.75) is 46.0 Å². The molecular formula is C11H20O4. The van der Waals surface area contributed by atoms with Gasteiger partial charge in [0.1, 0.15) is 0 Å². The fourth-order valence-electron chi connectivity index (χ4n) is 1.65. The molecule has 0 N–H and O–H groups in total. The van der Waals surface area contributed by atoms with E-state index < -0.39 is 5.79 Å². The highest BCUT2D eigenvalue weighted by Crippen LogP contribution is 2.26. The van der Waals surface area contributed by atoms with E-state index in [-0.39, 0.29) is 18.0 Å². The van der Waals surface area contributed by atoms with Gasteiger partial charge in [-0.3, -0.25) is 4.79 Å². The van der Waals surface area contributed by atoms with E-state index in [4.69, 9.17) is 14.2 Å². The van der Waals surface area contributed by atoms with Crippen LogP contribution in [0.4, 0.5) is 0 Å². The number of hydrogen-bond acceptors (Lipinski definition) is 4. The molecule has 0 aliphatic carbocycles. The molecule has 0 saturated carbocycles. The van der Waals surface area contributed by atoms with Gasteiger partial charge in [0.15, 0.2) is 5.79 Å². The van der Waals surface area contributed by atoms with Crippen LogP contribution in [0.15, 0.2) is 0 Å². The molecule has 1 heterocycles. The van der Waals surface area contributed by atoms with E-state index in [1.54, 1.807) is 0 Å². The van der Waals surface area contributed by atoms with Crippen molar-refractivity contribution in [3.05, 3.63) is 0 Å². The summed E-state index contributed by atoms with van der Waals surface area (Å²) in [5.74, 6) is -0.808. The van der Waals surface area contributed by atoms with E-state index in [0.29, 0.717) is 19.6 Å². The van der Waals surface area contributed by atoms with Crippen molar-refractivity contribution < 1.29 is 19.0 Å². The standard InChI is InChI=1S/C11H20O4/c1-5-13-10(12)8(2)6-9-7-14-11(3,4)15-9/h8-9H,5-7H2,1-4H3. The Morgan fingerprint density at radius 2 is 2.27 bits per heavy atom. The summed E-state index contributed by atoms with van der Waals surface area (Å²) in [4.78, 5) is 11.4. The van der Waals surface area contributed by atoms with Crippen molar-refractivity contribution >= 4 is 5.97 Å². The molecule has 0 aromatic rings. The number of ether oxygens (including phenoxy) is 3. The van der Waals surface area contributed by atoms with Gasteiger partial charge in [-0.25, -0.2) is 0 Å². The lowest BCUT2D eigenvalue weighted by molar-refractivity contribution is -0.153. The van der Waals surface area contributed by atoms with Crippen molar-refractivity contribution in [1.29, 1.82) is 0 Å². The van der Waals surface area contributed by atoms with Gasteiger partial charge in [-0.2, -0.15) is 0 Å². The third kappa shape index (κ3) is 3.80. The second-order valence-electron chi connectivity index (χ2n) is 4.34. The smallest absolute Gasteiger partial charge is 0.308 e. The molecule has 1 saturated heterocycles. The first-order chi connectivity index (χ1) is 6.94. The summed E-state index contributed by atoms with van der Waals surface area (Å²) < 4.78 is 16.0. The van der Waals surface area contributed by atoms with Crippen LogP contribution < -0.4 is 0 Å². The van der Waals surface area contributed by atoms with Gasteiger partial charge < -0.3 is 14.2 Å². The normalized spacial score (nSPS) is 26.3. The summed E-state index contributed by atoms with van der Waals surface area (Å²) in [7, 11) is 0. The molecule has 0 aromatic carbocycles.